The van der Waals surface area contributed by atoms with Crippen LogP contribution in [0.15, 0.2) is 83.4 Å². The van der Waals surface area contributed by atoms with Crippen molar-refractivity contribution in [3.05, 3.63) is 102 Å². The lowest BCUT2D eigenvalue weighted by Crippen LogP contribution is -2.29. The van der Waals surface area contributed by atoms with E-state index in [-0.39, 0.29) is 12.1 Å². The summed E-state index contributed by atoms with van der Waals surface area (Å²) in [5.41, 5.74) is 5.33. The lowest BCUT2D eigenvalue weighted by atomic mass is 10.0. The maximum atomic E-state index is 6.46. The molecule has 0 amide bonds. The fourth-order valence-corrected chi connectivity index (χ4v) is 4.91. The van der Waals surface area contributed by atoms with Gasteiger partial charge in [0.15, 0.2) is 5.11 Å². The number of ether oxygens (including phenoxy) is 1. The number of aromatic nitrogens is 1. The third-order valence-electron chi connectivity index (χ3n) is 5.95. The number of anilines is 1. The molecule has 34 heavy (non-hydrogen) atoms. The lowest BCUT2D eigenvalue weighted by molar-refractivity contribution is 0.340. The van der Waals surface area contributed by atoms with Crippen molar-refractivity contribution >= 4 is 23.0 Å². The SMILES string of the molecule is CCOc1ccc(-c2ccc([C@H]3[C@H](c4ccccn4)NC(=S)N3c3cc(C)cc(C)c3)o2)cc1. The molecule has 2 aromatic heterocycles. The minimum Gasteiger partial charge on any atom is -0.494 e. The molecule has 0 radical (unpaired) electrons. The van der Waals surface area contributed by atoms with Crippen molar-refractivity contribution in [2.24, 2.45) is 0 Å². The number of benzene rings is 2. The second-order valence-electron chi connectivity index (χ2n) is 8.50. The highest BCUT2D eigenvalue weighted by Gasteiger charge is 2.42. The average molecular weight is 470 g/mol. The molecule has 3 heterocycles. The number of rotatable bonds is 6. The van der Waals surface area contributed by atoms with E-state index in [1.807, 2.05) is 67.7 Å². The highest BCUT2D eigenvalue weighted by atomic mass is 32.1. The third kappa shape index (κ3) is 4.29. The van der Waals surface area contributed by atoms with Gasteiger partial charge < -0.3 is 19.4 Å². The number of pyridine rings is 1. The Labute approximate surface area is 205 Å². The highest BCUT2D eigenvalue weighted by Crippen LogP contribution is 2.43. The van der Waals surface area contributed by atoms with Crippen molar-refractivity contribution in [2.75, 3.05) is 11.5 Å². The van der Waals surface area contributed by atoms with Crippen LogP contribution in [0.1, 0.15) is 41.6 Å². The standard InChI is InChI=1S/C28H27N3O2S/c1-4-32-22-10-8-20(9-11-22)24-12-13-25(33-24)27-26(23-7-5-6-14-29-23)30-28(34)31(27)21-16-18(2)15-19(3)17-21/h5-17,26-27H,4H2,1-3H3,(H,30,34)/t26-,27-/m0/s1. The number of nitrogens with one attached hydrogen (secondary N) is 1. The van der Waals surface area contributed by atoms with Crippen molar-refractivity contribution in [1.82, 2.24) is 10.3 Å². The first-order chi connectivity index (χ1) is 16.5. The monoisotopic (exact) mass is 469 g/mol. The van der Waals surface area contributed by atoms with Gasteiger partial charge in [-0.05, 0) is 105 Å². The summed E-state index contributed by atoms with van der Waals surface area (Å²) in [6, 6.07) is 24.1. The van der Waals surface area contributed by atoms with Crippen LogP contribution in [0.25, 0.3) is 11.3 Å². The van der Waals surface area contributed by atoms with Gasteiger partial charge in [-0.25, -0.2) is 0 Å². The molecule has 1 N–H and O–H groups in total. The highest BCUT2D eigenvalue weighted by molar-refractivity contribution is 7.80. The Kier molecular flexibility index (Phi) is 6.07. The molecule has 172 valence electrons. The van der Waals surface area contributed by atoms with Crippen molar-refractivity contribution < 1.29 is 9.15 Å². The molecule has 1 aliphatic rings. The topological polar surface area (TPSA) is 50.5 Å². The quantitative estimate of drug-likeness (QED) is 0.324. The van der Waals surface area contributed by atoms with Gasteiger partial charge in [-0.2, -0.15) is 0 Å². The molecule has 5 rings (SSSR count). The molecule has 1 aliphatic heterocycles. The minimum absolute atomic E-state index is 0.145. The minimum atomic E-state index is -0.181. The molecule has 0 aliphatic carbocycles. The van der Waals surface area contributed by atoms with Gasteiger partial charge >= 0.3 is 0 Å². The molecule has 2 atom stereocenters. The number of hydrogen-bond acceptors (Lipinski definition) is 4. The van der Waals surface area contributed by atoms with E-state index in [0.717, 1.165) is 34.2 Å². The first-order valence-electron chi connectivity index (χ1n) is 11.5. The van der Waals surface area contributed by atoms with Crippen LogP contribution in [0, 0.1) is 13.8 Å². The Bertz CT molecular complexity index is 1280. The fourth-order valence-electron chi connectivity index (χ4n) is 4.56. The Morgan fingerprint density at radius 2 is 1.76 bits per heavy atom. The second kappa shape index (κ2) is 9.31. The fraction of sp³-hybridized carbons (Fsp3) is 0.214. The normalized spacial score (nSPS) is 17.6. The maximum Gasteiger partial charge on any atom is 0.174 e. The van der Waals surface area contributed by atoms with Crippen LogP contribution in [0.2, 0.25) is 0 Å². The van der Waals surface area contributed by atoms with E-state index in [1.165, 1.54) is 11.1 Å². The van der Waals surface area contributed by atoms with Gasteiger partial charge in [-0.3, -0.25) is 4.98 Å². The van der Waals surface area contributed by atoms with Crippen molar-refractivity contribution in [3.8, 4) is 17.1 Å². The molecular formula is C28H27N3O2S. The zero-order chi connectivity index (χ0) is 23.7. The van der Waals surface area contributed by atoms with Crippen LogP contribution in [-0.2, 0) is 0 Å². The van der Waals surface area contributed by atoms with E-state index < -0.39 is 0 Å². The maximum absolute atomic E-state index is 6.46. The summed E-state index contributed by atoms with van der Waals surface area (Å²) < 4.78 is 12.0. The van der Waals surface area contributed by atoms with E-state index in [9.17, 15) is 0 Å². The van der Waals surface area contributed by atoms with Gasteiger partial charge in [-0.1, -0.05) is 12.1 Å². The van der Waals surface area contributed by atoms with E-state index >= 15 is 0 Å². The molecule has 0 saturated carbocycles. The second-order valence-corrected chi connectivity index (χ2v) is 8.89. The van der Waals surface area contributed by atoms with Gasteiger partial charge in [-0.15, -0.1) is 0 Å². The molecule has 4 aromatic rings. The van der Waals surface area contributed by atoms with E-state index in [1.54, 1.807) is 0 Å². The molecule has 2 aromatic carbocycles. The Balaban J connectivity index is 1.56. The van der Waals surface area contributed by atoms with Gasteiger partial charge in [0.25, 0.3) is 0 Å². The summed E-state index contributed by atoms with van der Waals surface area (Å²) in [6.07, 6.45) is 1.81. The Hall–Kier alpha value is -3.64. The van der Waals surface area contributed by atoms with Gasteiger partial charge in [0.1, 0.15) is 23.3 Å². The van der Waals surface area contributed by atoms with E-state index in [2.05, 4.69) is 47.2 Å². The summed E-state index contributed by atoms with van der Waals surface area (Å²) >= 11 is 5.83. The van der Waals surface area contributed by atoms with Crippen molar-refractivity contribution in [3.63, 3.8) is 0 Å². The number of furan rings is 1. The average Bonchev–Trinajstić information content (AvgIpc) is 3.44. The predicted molar refractivity (Wildman–Crippen MR) is 139 cm³/mol. The zero-order valence-electron chi connectivity index (χ0n) is 19.5. The molecule has 0 spiro atoms. The summed E-state index contributed by atoms with van der Waals surface area (Å²) in [5, 5.41) is 4.15. The van der Waals surface area contributed by atoms with Crippen LogP contribution in [0.5, 0.6) is 5.75 Å². The smallest absolute Gasteiger partial charge is 0.174 e. The Morgan fingerprint density at radius 1 is 1.00 bits per heavy atom. The molecule has 5 nitrogen and oxygen atoms in total. The number of aryl methyl sites for hydroxylation is 2. The molecule has 1 saturated heterocycles. The van der Waals surface area contributed by atoms with E-state index in [0.29, 0.717) is 11.7 Å². The summed E-state index contributed by atoms with van der Waals surface area (Å²) in [4.78, 5) is 6.77. The predicted octanol–water partition coefficient (Wildman–Crippen LogP) is 6.53. The summed E-state index contributed by atoms with van der Waals surface area (Å²) in [7, 11) is 0. The molecule has 1 fully saturated rings. The summed E-state index contributed by atoms with van der Waals surface area (Å²) in [5.74, 6) is 2.47. The van der Waals surface area contributed by atoms with Crippen molar-refractivity contribution in [2.45, 2.75) is 32.9 Å². The van der Waals surface area contributed by atoms with Crippen LogP contribution >= 0.6 is 12.2 Å². The Morgan fingerprint density at radius 3 is 2.44 bits per heavy atom. The van der Waals surface area contributed by atoms with E-state index in [4.69, 9.17) is 21.4 Å². The first-order valence-corrected chi connectivity index (χ1v) is 11.9. The first kappa shape index (κ1) is 22.2. The third-order valence-corrected chi connectivity index (χ3v) is 6.27. The number of nitrogens with zero attached hydrogens (tertiary/aromatic N) is 2. The van der Waals surface area contributed by atoms with Crippen LogP contribution in [-0.4, -0.2) is 16.7 Å². The van der Waals surface area contributed by atoms with Crippen LogP contribution in [0.4, 0.5) is 5.69 Å². The molecule has 6 heteroatoms. The number of hydrogen-bond donors (Lipinski definition) is 1. The van der Waals surface area contributed by atoms with Gasteiger partial charge in [0, 0.05) is 17.4 Å². The van der Waals surface area contributed by atoms with Gasteiger partial charge in [0.2, 0.25) is 0 Å². The number of thiocarbonyl (C=S) groups is 1. The molecular weight excluding hydrogens is 442 g/mol. The molecule has 0 bridgehead atoms. The largest absolute Gasteiger partial charge is 0.494 e. The summed E-state index contributed by atoms with van der Waals surface area (Å²) in [6.45, 7) is 6.82. The van der Waals surface area contributed by atoms with Crippen molar-refractivity contribution in [1.29, 1.82) is 0 Å². The van der Waals surface area contributed by atoms with Gasteiger partial charge in [0.05, 0.1) is 18.3 Å². The van der Waals surface area contributed by atoms with Crippen LogP contribution < -0.4 is 15.0 Å². The zero-order valence-corrected chi connectivity index (χ0v) is 20.3. The van der Waals surface area contributed by atoms with Crippen LogP contribution in [0.3, 0.4) is 0 Å². The molecule has 0 unspecified atom stereocenters. The lowest BCUT2D eigenvalue weighted by Gasteiger charge is -2.26.